The van der Waals surface area contributed by atoms with Crippen molar-refractivity contribution in [3.05, 3.63) is 10.6 Å². The summed E-state index contributed by atoms with van der Waals surface area (Å²) in [6.45, 7) is 8.86. The summed E-state index contributed by atoms with van der Waals surface area (Å²) in [7, 11) is 2.01. The highest BCUT2D eigenvalue weighted by Crippen LogP contribution is 2.37. The Hall–Kier alpha value is -0.610. The second kappa shape index (κ2) is 6.71. The molecular weight excluding hydrogens is 254 g/mol. The zero-order valence-electron chi connectivity index (χ0n) is 12.7. The minimum Gasteiger partial charge on any atom is -0.345 e. The number of thiazole rings is 1. The smallest absolute Gasteiger partial charge is 0.186 e. The summed E-state index contributed by atoms with van der Waals surface area (Å²) >= 11 is 1.89. The summed E-state index contributed by atoms with van der Waals surface area (Å²) in [5.41, 5.74) is 1.29. The standard InChI is InChI=1S/C15H27N3S/c1-5-6-9-18(12-7-8-12)15-17-14(11(2)3)13(19-15)10-16-4/h11-12,16H,5-10H2,1-4H3. The van der Waals surface area contributed by atoms with Gasteiger partial charge in [-0.25, -0.2) is 4.98 Å². The van der Waals surface area contributed by atoms with E-state index in [0.29, 0.717) is 5.92 Å². The van der Waals surface area contributed by atoms with Gasteiger partial charge < -0.3 is 10.2 Å². The quantitative estimate of drug-likeness (QED) is 0.786. The van der Waals surface area contributed by atoms with Gasteiger partial charge in [0.05, 0.1) is 5.69 Å². The maximum absolute atomic E-state index is 4.95. The van der Waals surface area contributed by atoms with E-state index >= 15 is 0 Å². The molecule has 1 heterocycles. The molecule has 3 nitrogen and oxygen atoms in total. The average Bonchev–Trinajstić information content (AvgIpc) is 3.11. The molecule has 1 N–H and O–H groups in total. The van der Waals surface area contributed by atoms with Crippen molar-refractivity contribution < 1.29 is 0 Å². The molecule has 1 saturated carbocycles. The van der Waals surface area contributed by atoms with Gasteiger partial charge in [-0.1, -0.05) is 27.2 Å². The molecule has 0 atom stereocenters. The van der Waals surface area contributed by atoms with E-state index in [9.17, 15) is 0 Å². The highest BCUT2D eigenvalue weighted by atomic mass is 32.1. The van der Waals surface area contributed by atoms with Crippen LogP contribution in [0, 0.1) is 0 Å². The largest absolute Gasteiger partial charge is 0.345 e. The minimum absolute atomic E-state index is 0.514. The molecule has 1 aliphatic rings. The third-order valence-electron chi connectivity index (χ3n) is 3.59. The van der Waals surface area contributed by atoms with Crippen LogP contribution < -0.4 is 10.2 Å². The Kier molecular flexibility index (Phi) is 5.22. The highest BCUT2D eigenvalue weighted by Gasteiger charge is 2.31. The van der Waals surface area contributed by atoms with E-state index in [1.807, 2.05) is 18.4 Å². The van der Waals surface area contributed by atoms with E-state index in [1.54, 1.807) is 0 Å². The first-order chi connectivity index (χ1) is 9.17. The maximum atomic E-state index is 4.95. The number of nitrogens with one attached hydrogen (secondary N) is 1. The van der Waals surface area contributed by atoms with Gasteiger partial charge >= 0.3 is 0 Å². The summed E-state index contributed by atoms with van der Waals surface area (Å²) in [6, 6.07) is 0.764. The van der Waals surface area contributed by atoms with Crippen LogP contribution >= 0.6 is 11.3 Å². The van der Waals surface area contributed by atoms with Crippen molar-refractivity contribution in [1.29, 1.82) is 0 Å². The number of anilines is 1. The summed E-state index contributed by atoms with van der Waals surface area (Å²) in [5, 5.41) is 4.53. The lowest BCUT2D eigenvalue weighted by Gasteiger charge is -2.21. The van der Waals surface area contributed by atoms with Crippen LogP contribution in [0.2, 0.25) is 0 Å². The molecule has 0 bridgehead atoms. The molecule has 0 saturated heterocycles. The normalized spacial score (nSPS) is 15.2. The number of hydrogen-bond acceptors (Lipinski definition) is 4. The van der Waals surface area contributed by atoms with Crippen LogP contribution in [0.3, 0.4) is 0 Å². The molecule has 4 heteroatoms. The fraction of sp³-hybridized carbons (Fsp3) is 0.800. The molecule has 1 fully saturated rings. The number of aromatic nitrogens is 1. The van der Waals surface area contributed by atoms with Gasteiger partial charge in [0.15, 0.2) is 5.13 Å². The van der Waals surface area contributed by atoms with Crippen LogP contribution in [-0.4, -0.2) is 24.6 Å². The van der Waals surface area contributed by atoms with Crippen LogP contribution in [0.5, 0.6) is 0 Å². The lowest BCUT2D eigenvalue weighted by Crippen LogP contribution is -2.26. The monoisotopic (exact) mass is 281 g/mol. The van der Waals surface area contributed by atoms with Crippen molar-refractivity contribution >= 4 is 16.5 Å². The SMILES string of the molecule is CCCCN(c1nc(C(C)C)c(CNC)s1)C1CC1. The topological polar surface area (TPSA) is 28.2 Å². The number of unbranched alkanes of at least 4 members (excludes halogenated alkanes) is 1. The van der Waals surface area contributed by atoms with Gasteiger partial charge in [-0.2, -0.15) is 0 Å². The zero-order valence-corrected chi connectivity index (χ0v) is 13.5. The van der Waals surface area contributed by atoms with Crippen molar-refractivity contribution in [1.82, 2.24) is 10.3 Å². The summed E-state index contributed by atoms with van der Waals surface area (Å²) < 4.78 is 0. The van der Waals surface area contributed by atoms with E-state index in [1.165, 1.54) is 47.9 Å². The first-order valence-corrected chi connectivity index (χ1v) is 8.39. The molecule has 0 spiro atoms. The lowest BCUT2D eigenvalue weighted by molar-refractivity contribution is 0.705. The Labute approximate surface area is 121 Å². The Morgan fingerprint density at radius 2 is 2.16 bits per heavy atom. The molecule has 108 valence electrons. The van der Waals surface area contributed by atoms with Gasteiger partial charge in [-0.05, 0) is 32.2 Å². The maximum Gasteiger partial charge on any atom is 0.186 e. The van der Waals surface area contributed by atoms with E-state index in [4.69, 9.17) is 4.98 Å². The molecular formula is C15H27N3S. The van der Waals surface area contributed by atoms with Crippen molar-refractivity contribution in [2.24, 2.45) is 0 Å². The summed E-state index contributed by atoms with van der Waals surface area (Å²) in [5.74, 6) is 0.514. The Bertz CT molecular complexity index is 396. The van der Waals surface area contributed by atoms with E-state index in [0.717, 1.165) is 12.6 Å². The molecule has 0 radical (unpaired) electrons. The van der Waals surface area contributed by atoms with Gasteiger partial charge in [-0.15, -0.1) is 11.3 Å². The zero-order chi connectivity index (χ0) is 13.8. The Morgan fingerprint density at radius 1 is 1.42 bits per heavy atom. The molecule has 0 aromatic carbocycles. The second-order valence-corrected chi connectivity index (χ2v) is 6.83. The molecule has 2 rings (SSSR count). The van der Waals surface area contributed by atoms with Gasteiger partial charge in [0.2, 0.25) is 0 Å². The average molecular weight is 281 g/mol. The van der Waals surface area contributed by atoms with Gasteiger partial charge in [0, 0.05) is 24.0 Å². The van der Waals surface area contributed by atoms with Crippen LogP contribution in [0.15, 0.2) is 0 Å². The summed E-state index contributed by atoms with van der Waals surface area (Å²) in [4.78, 5) is 8.91. The molecule has 0 aliphatic heterocycles. The van der Waals surface area contributed by atoms with Crippen LogP contribution in [0.1, 0.15) is 62.9 Å². The van der Waals surface area contributed by atoms with E-state index < -0.39 is 0 Å². The van der Waals surface area contributed by atoms with Crippen molar-refractivity contribution in [2.75, 3.05) is 18.5 Å². The van der Waals surface area contributed by atoms with E-state index in [-0.39, 0.29) is 0 Å². The molecule has 19 heavy (non-hydrogen) atoms. The second-order valence-electron chi connectivity index (χ2n) is 5.77. The lowest BCUT2D eigenvalue weighted by atomic mass is 10.1. The minimum atomic E-state index is 0.514. The Morgan fingerprint density at radius 3 is 2.68 bits per heavy atom. The molecule has 1 aromatic heterocycles. The molecule has 1 aliphatic carbocycles. The van der Waals surface area contributed by atoms with Crippen molar-refractivity contribution in [3.63, 3.8) is 0 Å². The van der Waals surface area contributed by atoms with Gasteiger partial charge in [0.25, 0.3) is 0 Å². The fourth-order valence-corrected chi connectivity index (χ4v) is 3.69. The van der Waals surface area contributed by atoms with Crippen LogP contribution in [0.25, 0.3) is 0 Å². The molecule has 0 amide bonds. The fourth-order valence-electron chi connectivity index (χ4n) is 2.36. The third kappa shape index (κ3) is 3.69. The Balaban J connectivity index is 2.18. The molecule has 0 unspecified atom stereocenters. The molecule has 1 aromatic rings. The van der Waals surface area contributed by atoms with Gasteiger partial charge in [0.1, 0.15) is 0 Å². The van der Waals surface area contributed by atoms with Crippen LogP contribution in [0.4, 0.5) is 5.13 Å². The third-order valence-corrected chi connectivity index (χ3v) is 4.69. The first kappa shape index (κ1) is 14.8. The first-order valence-electron chi connectivity index (χ1n) is 7.58. The number of rotatable bonds is 8. The summed E-state index contributed by atoms with van der Waals surface area (Å²) in [6.07, 6.45) is 5.23. The van der Waals surface area contributed by atoms with Crippen molar-refractivity contribution in [2.45, 2.75) is 65.0 Å². The predicted octanol–water partition coefficient (Wildman–Crippen LogP) is 3.75. The van der Waals surface area contributed by atoms with Crippen molar-refractivity contribution in [3.8, 4) is 0 Å². The van der Waals surface area contributed by atoms with Gasteiger partial charge in [-0.3, -0.25) is 0 Å². The van der Waals surface area contributed by atoms with Crippen LogP contribution in [-0.2, 0) is 6.54 Å². The number of hydrogen-bond donors (Lipinski definition) is 1. The van der Waals surface area contributed by atoms with E-state index in [2.05, 4.69) is 31.0 Å². The predicted molar refractivity (Wildman–Crippen MR) is 84.2 cm³/mol. The number of nitrogens with zero attached hydrogens (tertiary/aromatic N) is 2. The highest BCUT2D eigenvalue weighted by molar-refractivity contribution is 7.15.